The Balaban J connectivity index is 3.50. The number of hydrogen-bond donors (Lipinski definition) is 0. The lowest BCUT2D eigenvalue weighted by molar-refractivity contribution is -0.116. The first kappa shape index (κ1) is 8.96. The molecule has 2 heteroatoms. The minimum absolute atomic E-state index is 0.0744. The highest BCUT2D eigenvalue weighted by Crippen LogP contribution is 2.10. The molecule has 0 aliphatic heterocycles. The minimum Gasteiger partial charge on any atom is -0.298 e. The van der Waals surface area contributed by atoms with Gasteiger partial charge in [0.15, 0.2) is 0 Å². The maximum absolute atomic E-state index is 10.5. The van der Waals surface area contributed by atoms with Gasteiger partial charge >= 0.3 is 0 Å². The topological polar surface area (TPSA) is 17.1 Å². The van der Waals surface area contributed by atoms with E-state index in [1.807, 2.05) is 0 Å². The third kappa shape index (κ3) is 4.46. The molecule has 0 fully saturated rings. The van der Waals surface area contributed by atoms with Gasteiger partial charge in [-0.2, -0.15) is 0 Å². The monoisotopic (exact) mass is 148 g/mol. The van der Waals surface area contributed by atoms with Gasteiger partial charge in [-0.15, -0.1) is 11.6 Å². The summed E-state index contributed by atoms with van der Waals surface area (Å²) in [6, 6.07) is 0. The molecule has 0 bridgehead atoms. The van der Waals surface area contributed by atoms with Crippen LogP contribution in [0.3, 0.4) is 0 Å². The standard InChI is InChI=1S/C7H13ClO/c1-5(2)4-7(8)6(3)9/h5,7H,4H2,1-3H3/t7-/m1/s1. The van der Waals surface area contributed by atoms with E-state index in [2.05, 4.69) is 13.8 Å². The van der Waals surface area contributed by atoms with Crippen molar-refractivity contribution in [3.05, 3.63) is 0 Å². The van der Waals surface area contributed by atoms with Gasteiger partial charge in [-0.25, -0.2) is 0 Å². The number of ketones is 1. The van der Waals surface area contributed by atoms with E-state index in [4.69, 9.17) is 11.6 Å². The van der Waals surface area contributed by atoms with Gasteiger partial charge in [-0.3, -0.25) is 4.79 Å². The summed E-state index contributed by atoms with van der Waals surface area (Å²) in [4.78, 5) is 10.5. The molecule has 0 aliphatic carbocycles. The number of Topliss-reactive ketones (excluding diaryl/α,β-unsaturated/α-hetero) is 1. The van der Waals surface area contributed by atoms with E-state index in [9.17, 15) is 4.79 Å². The van der Waals surface area contributed by atoms with Crippen LogP contribution in [-0.4, -0.2) is 11.2 Å². The average Bonchev–Trinajstić information content (AvgIpc) is 1.63. The van der Waals surface area contributed by atoms with Crippen LogP contribution in [0.4, 0.5) is 0 Å². The van der Waals surface area contributed by atoms with Gasteiger partial charge in [0, 0.05) is 0 Å². The molecule has 9 heavy (non-hydrogen) atoms. The van der Waals surface area contributed by atoms with Gasteiger partial charge in [-0.1, -0.05) is 13.8 Å². The number of halogens is 1. The van der Waals surface area contributed by atoms with Crippen molar-refractivity contribution in [2.24, 2.45) is 5.92 Å². The fraction of sp³-hybridized carbons (Fsp3) is 0.857. The summed E-state index contributed by atoms with van der Waals surface area (Å²) in [5.74, 6) is 0.585. The Morgan fingerprint density at radius 2 is 2.00 bits per heavy atom. The third-order valence-corrected chi connectivity index (χ3v) is 1.60. The molecule has 54 valence electrons. The quantitative estimate of drug-likeness (QED) is 0.561. The van der Waals surface area contributed by atoms with Crippen molar-refractivity contribution in [1.29, 1.82) is 0 Å². The highest BCUT2D eigenvalue weighted by atomic mass is 35.5. The van der Waals surface area contributed by atoms with Crippen LogP contribution < -0.4 is 0 Å². The second-order valence-corrected chi connectivity index (χ2v) is 3.23. The first-order valence-electron chi connectivity index (χ1n) is 3.18. The number of rotatable bonds is 3. The molecule has 0 rings (SSSR count). The molecule has 0 aliphatic rings. The summed E-state index contributed by atoms with van der Waals surface area (Å²) < 4.78 is 0. The molecule has 0 saturated carbocycles. The largest absolute Gasteiger partial charge is 0.298 e. The normalized spacial score (nSPS) is 13.9. The van der Waals surface area contributed by atoms with E-state index >= 15 is 0 Å². The molecule has 0 heterocycles. The van der Waals surface area contributed by atoms with Crippen molar-refractivity contribution >= 4 is 17.4 Å². The second-order valence-electron chi connectivity index (χ2n) is 2.71. The molecular formula is C7H13ClO. The summed E-state index contributed by atoms with van der Waals surface area (Å²) in [6.07, 6.45) is 0.789. The van der Waals surface area contributed by atoms with Crippen LogP contribution >= 0.6 is 11.6 Å². The lowest BCUT2D eigenvalue weighted by Gasteiger charge is -2.06. The van der Waals surface area contributed by atoms with Crippen molar-refractivity contribution in [3.63, 3.8) is 0 Å². The Morgan fingerprint density at radius 1 is 1.56 bits per heavy atom. The van der Waals surface area contributed by atoms with E-state index in [-0.39, 0.29) is 11.2 Å². The van der Waals surface area contributed by atoms with E-state index in [0.717, 1.165) is 6.42 Å². The molecule has 0 N–H and O–H groups in total. The molecule has 0 saturated heterocycles. The highest BCUT2D eigenvalue weighted by Gasteiger charge is 2.10. The van der Waals surface area contributed by atoms with Crippen LogP contribution in [-0.2, 0) is 4.79 Å². The van der Waals surface area contributed by atoms with Gasteiger partial charge in [0.1, 0.15) is 5.78 Å². The first-order chi connectivity index (χ1) is 4.04. The smallest absolute Gasteiger partial charge is 0.147 e. The van der Waals surface area contributed by atoms with Crippen LogP contribution in [0.2, 0.25) is 0 Å². The summed E-state index contributed by atoms with van der Waals surface area (Å²) in [6.45, 7) is 5.64. The molecule has 0 radical (unpaired) electrons. The van der Waals surface area contributed by atoms with Crippen LogP contribution in [0.1, 0.15) is 27.2 Å². The zero-order valence-electron chi connectivity index (χ0n) is 6.15. The SMILES string of the molecule is CC(=O)[C@H](Cl)CC(C)C. The zero-order valence-corrected chi connectivity index (χ0v) is 6.90. The zero-order chi connectivity index (χ0) is 7.44. The van der Waals surface area contributed by atoms with Gasteiger partial charge in [0.25, 0.3) is 0 Å². The average molecular weight is 149 g/mol. The molecule has 1 atom stereocenters. The van der Waals surface area contributed by atoms with Crippen LogP contribution in [0.5, 0.6) is 0 Å². The molecule has 0 spiro atoms. The van der Waals surface area contributed by atoms with Crippen molar-refractivity contribution in [2.45, 2.75) is 32.6 Å². The molecule has 0 aromatic carbocycles. The Labute approximate surface area is 61.4 Å². The van der Waals surface area contributed by atoms with Gasteiger partial charge in [0.2, 0.25) is 0 Å². The van der Waals surface area contributed by atoms with E-state index in [1.54, 1.807) is 0 Å². The summed E-state index contributed by atoms with van der Waals surface area (Å²) in [7, 11) is 0. The maximum atomic E-state index is 10.5. The minimum atomic E-state index is -0.273. The lowest BCUT2D eigenvalue weighted by atomic mass is 10.1. The van der Waals surface area contributed by atoms with Crippen LogP contribution in [0, 0.1) is 5.92 Å². The summed E-state index contributed by atoms with van der Waals surface area (Å²) in [5, 5.41) is -0.273. The van der Waals surface area contributed by atoms with E-state index in [1.165, 1.54) is 6.92 Å². The maximum Gasteiger partial charge on any atom is 0.147 e. The Morgan fingerprint density at radius 3 is 2.11 bits per heavy atom. The van der Waals surface area contributed by atoms with E-state index in [0.29, 0.717) is 5.92 Å². The third-order valence-electron chi connectivity index (χ3n) is 1.12. The van der Waals surface area contributed by atoms with Gasteiger partial charge in [0.05, 0.1) is 5.38 Å². The van der Waals surface area contributed by atoms with Crippen LogP contribution in [0.15, 0.2) is 0 Å². The van der Waals surface area contributed by atoms with E-state index < -0.39 is 0 Å². The predicted molar refractivity (Wildman–Crippen MR) is 39.8 cm³/mol. The lowest BCUT2D eigenvalue weighted by Crippen LogP contribution is -2.12. The predicted octanol–water partition coefficient (Wildman–Crippen LogP) is 2.23. The second kappa shape index (κ2) is 3.89. The Hall–Kier alpha value is -0.0400. The Bertz CT molecular complexity index is 99.1. The highest BCUT2D eigenvalue weighted by molar-refractivity contribution is 6.30. The first-order valence-corrected chi connectivity index (χ1v) is 3.62. The number of carbonyl (C=O) groups is 1. The number of hydrogen-bond acceptors (Lipinski definition) is 1. The molecular weight excluding hydrogens is 136 g/mol. The molecule has 0 amide bonds. The van der Waals surface area contributed by atoms with Crippen molar-refractivity contribution in [1.82, 2.24) is 0 Å². The Kier molecular flexibility index (Phi) is 3.87. The fourth-order valence-electron chi connectivity index (χ4n) is 0.580. The number of alkyl halides is 1. The van der Waals surface area contributed by atoms with Gasteiger partial charge < -0.3 is 0 Å². The summed E-state index contributed by atoms with van der Waals surface area (Å²) >= 11 is 5.66. The molecule has 1 nitrogen and oxygen atoms in total. The van der Waals surface area contributed by atoms with Crippen molar-refractivity contribution in [2.75, 3.05) is 0 Å². The van der Waals surface area contributed by atoms with Crippen LogP contribution in [0.25, 0.3) is 0 Å². The fourth-order valence-corrected chi connectivity index (χ4v) is 0.936. The van der Waals surface area contributed by atoms with Crippen molar-refractivity contribution < 1.29 is 4.79 Å². The molecule has 0 unspecified atom stereocenters. The van der Waals surface area contributed by atoms with Gasteiger partial charge in [-0.05, 0) is 19.3 Å². The number of carbonyl (C=O) groups excluding carboxylic acids is 1. The molecule has 0 aromatic heterocycles. The summed E-state index contributed by atoms with van der Waals surface area (Å²) in [5.41, 5.74) is 0. The van der Waals surface area contributed by atoms with Crippen molar-refractivity contribution in [3.8, 4) is 0 Å². The molecule has 0 aromatic rings.